The second-order valence-electron chi connectivity index (χ2n) is 4.90. The van der Waals surface area contributed by atoms with Crippen LogP contribution in [0.2, 0.25) is 0 Å². The van der Waals surface area contributed by atoms with E-state index in [1.807, 2.05) is 0 Å². The first-order chi connectivity index (χ1) is 10.6. The van der Waals surface area contributed by atoms with Crippen molar-refractivity contribution in [2.45, 2.75) is 26.1 Å². The zero-order valence-electron chi connectivity index (χ0n) is 13.3. The van der Waals surface area contributed by atoms with Gasteiger partial charge in [0.1, 0.15) is 6.17 Å². The number of thiol groups is 1. The quantitative estimate of drug-likeness (QED) is 0.213. The molecule has 3 N–H and O–H groups in total. The summed E-state index contributed by atoms with van der Waals surface area (Å²) in [5.74, 6) is 0. The second kappa shape index (κ2) is 15.8. The zero-order valence-corrected chi connectivity index (χ0v) is 15.0. The minimum Gasteiger partial charge on any atom is -0.379 e. The maximum atomic E-state index is 13.3. The molecule has 132 valence electrons. The van der Waals surface area contributed by atoms with Gasteiger partial charge >= 0.3 is 0 Å². The lowest BCUT2D eigenvalue weighted by Crippen LogP contribution is -2.31. The van der Waals surface area contributed by atoms with Crippen LogP contribution >= 0.6 is 22.5 Å². The lowest BCUT2D eigenvalue weighted by atomic mass is 10.4. The molecule has 0 fully saturated rings. The fourth-order valence-corrected chi connectivity index (χ4v) is 1.77. The number of hydrogen-bond donors (Lipinski definition) is 4. The molecule has 1 atom stereocenters. The predicted molar refractivity (Wildman–Crippen MR) is 92.5 cm³/mol. The number of rotatable bonds is 14. The third kappa shape index (κ3) is 16.3. The van der Waals surface area contributed by atoms with E-state index in [1.54, 1.807) is 0 Å². The van der Waals surface area contributed by atoms with Gasteiger partial charge in [-0.25, -0.2) is 4.39 Å². The summed E-state index contributed by atoms with van der Waals surface area (Å²) in [6.07, 6.45) is -1.21. The third-order valence-corrected chi connectivity index (χ3v) is 3.30. The van der Waals surface area contributed by atoms with Gasteiger partial charge in [-0.3, -0.25) is 4.79 Å². The van der Waals surface area contributed by atoms with E-state index in [-0.39, 0.29) is 18.4 Å². The van der Waals surface area contributed by atoms with Crippen molar-refractivity contribution in [3.05, 3.63) is 0 Å². The van der Waals surface area contributed by atoms with Crippen LogP contribution in [0.25, 0.3) is 0 Å². The van der Waals surface area contributed by atoms with Crippen molar-refractivity contribution in [2.75, 3.05) is 52.6 Å². The van der Waals surface area contributed by atoms with Gasteiger partial charge in [-0.15, -0.1) is 11.7 Å². The number of amides is 1. The molecule has 0 aliphatic carbocycles. The van der Waals surface area contributed by atoms with Crippen LogP contribution in [-0.4, -0.2) is 70.1 Å². The molecule has 0 rings (SSSR count). The van der Waals surface area contributed by atoms with Crippen LogP contribution in [0, 0.1) is 0 Å². The molecule has 0 bridgehead atoms. The van der Waals surface area contributed by atoms with Gasteiger partial charge < -0.3 is 25.4 Å². The fraction of sp³-hybridized carbons (Fsp3) is 0.923. The van der Waals surface area contributed by atoms with Gasteiger partial charge in [-0.05, 0) is 0 Å². The Morgan fingerprint density at radius 2 is 1.82 bits per heavy atom. The first-order valence-corrected chi connectivity index (χ1v) is 9.26. The van der Waals surface area contributed by atoms with E-state index in [4.69, 9.17) is 9.47 Å². The molecule has 0 aliphatic heterocycles. The molecule has 0 saturated carbocycles. The number of halogens is 1. The molecule has 9 heteroatoms. The molecular formula is C13H28FN3O3S2. The molecule has 1 amide bonds. The van der Waals surface area contributed by atoms with E-state index >= 15 is 0 Å². The maximum absolute atomic E-state index is 13.3. The van der Waals surface area contributed by atoms with Gasteiger partial charge in [-0.1, -0.05) is 13.8 Å². The summed E-state index contributed by atoms with van der Waals surface area (Å²) in [5.41, 5.74) is 0. The summed E-state index contributed by atoms with van der Waals surface area (Å²) >= 11 is 3.70. The number of carbonyl (C=O) groups excluding carboxylic acids is 1. The summed E-state index contributed by atoms with van der Waals surface area (Å²) < 4.78 is 23.9. The van der Waals surface area contributed by atoms with Crippen LogP contribution in [-0.2, 0) is 9.47 Å². The Labute approximate surface area is 141 Å². The SMILES string of the molecule is CC(C)NCCOCCNCCOCC(F)CNC(=O)SS. The Morgan fingerprint density at radius 1 is 1.18 bits per heavy atom. The highest BCUT2D eigenvalue weighted by Crippen LogP contribution is 2.05. The second-order valence-corrected chi connectivity index (χ2v) is 6.00. The van der Waals surface area contributed by atoms with E-state index in [0.717, 1.165) is 23.9 Å². The van der Waals surface area contributed by atoms with Crippen LogP contribution in [0.5, 0.6) is 0 Å². The molecule has 0 heterocycles. The van der Waals surface area contributed by atoms with Crippen LogP contribution in [0.15, 0.2) is 0 Å². The van der Waals surface area contributed by atoms with Gasteiger partial charge in [0.2, 0.25) is 0 Å². The molecule has 0 aromatic heterocycles. The van der Waals surface area contributed by atoms with E-state index in [2.05, 4.69) is 41.5 Å². The Morgan fingerprint density at radius 3 is 2.45 bits per heavy atom. The van der Waals surface area contributed by atoms with Crippen molar-refractivity contribution in [1.82, 2.24) is 16.0 Å². The van der Waals surface area contributed by atoms with Gasteiger partial charge in [0.15, 0.2) is 0 Å². The molecule has 6 nitrogen and oxygen atoms in total. The van der Waals surface area contributed by atoms with E-state index in [0.29, 0.717) is 32.4 Å². The summed E-state index contributed by atoms with van der Waals surface area (Å²) in [6.45, 7) is 8.07. The van der Waals surface area contributed by atoms with Crippen molar-refractivity contribution in [3.63, 3.8) is 0 Å². The topological polar surface area (TPSA) is 71.6 Å². The van der Waals surface area contributed by atoms with Crippen LogP contribution in [0.3, 0.4) is 0 Å². The van der Waals surface area contributed by atoms with E-state index in [9.17, 15) is 9.18 Å². The van der Waals surface area contributed by atoms with Crippen molar-refractivity contribution < 1.29 is 18.7 Å². The minimum atomic E-state index is -1.21. The third-order valence-electron chi connectivity index (χ3n) is 2.49. The summed E-state index contributed by atoms with van der Waals surface area (Å²) in [4.78, 5) is 10.8. The van der Waals surface area contributed by atoms with E-state index in [1.165, 1.54) is 0 Å². The highest BCUT2D eigenvalue weighted by atomic mass is 33.1. The molecule has 0 aromatic carbocycles. The van der Waals surface area contributed by atoms with Gasteiger partial charge in [0, 0.05) is 36.5 Å². The highest BCUT2D eigenvalue weighted by Gasteiger charge is 2.08. The maximum Gasteiger partial charge on any atom is 0.289 e. The van der Waals surface area contributed by atoms with Crippen LogP contribution < -0.4 is 16.0 Å². The van der Waals surface area contributed by atoms with Crippen LogP contribution in [0.1, 0.15) is 13.8 Å². The van der Waals surface area contributed by atoms with Crippen molar-refractivity contribution in [3.8, 4) is 0 Å². The van der Waals surface area contributed by atoms with Crippen molar-refractivity contribution in [2.24, 2.45) is 0 Å². The number of carbonyl (C=O) groups is 1. The highest BCUT2D eigenvalue weighted by molar-refractivity contribution is 8.74. The van der Waals surface area contributed by atoms with E-state index < -0.39 is 6.17 Å². The monoisotopic (exact) mass is 357 g/mol. The average Bonchev–Trinajstić information content (AvgIpc) is 2.49. The normalized spacial score (nSPS) is 12.6. The Kier molecular flexibility index (Phi) is 15.8. The summed E-state index contributed by atoms with van der Waals surface area (Å²) in [6, 6.07) is 0.475. The summed E-state index contributed by atoms with van der Waals surface area (Å²) in [7, 11) is 0.724. The van der Waals surface area contributed by atoms with Gasteiger partial charge in [-0.2, -0.15) is 0 Å². The molecule has 0 aromatic rings. The standard InChI is InChI=1S/C13H28FN3O3S2/c1-11(2)16-5-8-19-6-3-15-4-7-20-10-12(14)9-17-13(18)22-21/h11-12,15-16,21H,3-10H2,1-2H3,(H,17,18). The zero-order chi connectivity index (χ0) is 16.6. The van der Waals surface area contributed by atoms with Gasteiger partial charge in [0.25, 0.3) is 5.24 Å². The first kappa shape index (κ1) is 21.9. The first-order valence-electron chi connectivity index (χ1n) is 7.39. The largest absolute Gasteiger partial charge is 0.379 e. The molecule has 0 aliphatic rings. The average molecular weight is 358 g/mol. The molecule has 0 saturated heterocycles. The number of hydrogen-bond acceptors (Lipinski definition) is 7. The molecule has 0 spiro atoms. The van der Waals surface area contributed by atoms with Crippen LogP contribution in [0.4, 0.5) is 9.18 Å². The molecule has 1 unspecified atom stereocenters. The molecular weight excluding hydrogens is 329 g/mol. The Hall–Kier alpha value is -0.0600. The smallest absolute Gasteiger partial charge is 0.289 e. The fourth-order valence-electron chi connectivity index (χ4n) is 1.43. The molecule has 22 heavy (non-hydrogen) atoms. The number of ether oxygens (including phenoxy) is 2. The Balaban J connectivity index is 3.18. The molecule has 0 radical (unpaired) electrons. The number of nitrogens with one attached hydrogen (secondary N) is 3. The van der Waals surface area contributed by atoms with Crippen molar-refractivity contribution in [1.29, 1.82) is 0 Å². The predicted octanol–water partition coefficient (Wildman–Crippen LogP) is 1.23. The lowest BCUT2D eigenvalue weighted by molar-refractivity contribution is 0.0809. The Bertz CT molecular complexity index is 277. The minimum absolute atomic E-state index is 0.0312. The number of alkyl halides is 1. The van der Waals surface area contributed by atoms with Gasteiger partial charge in [0.05, 0.1) is 33.0 Å². The summed E-state index contributed by atoms with van der Waals surface area (Å²) in [5, 5.41) is 8.42. The lowest BCUT2D eigenvalue weighted by Gasteiger charge is -2.11. The van der Waals surface area contributed by atoms with Crippen molar-refractivity contribution >= 4 is 27.7 Å².